The second-order valence-electron chi connectivity index (χ2n) is 5.59. The number of benzene rings is 1. The standard InChI is InChI=1S/C17H21N3OS/c1-9-6-11(3)14(7-10(9)2)16(21)13(5)22-17-19-12(4)8-15(18)20-17/h6-8,13H,1-5H3,(H2,18,19,20)/t13-/m0/s1. The molecule has 1 aromatic heterocycles. The molecule has 1 atom stereocenters. The minimum absolute atomic E-state index is 0.0919. The lowest BCUT2D eigenvalue weighted by Crippen LogP contribution is -2.16. The van der Waals surface area contributed by atoms with Crippen LogP contribution in [0.1, 0.15) is 39.7 Å². The fourth-order valence-electron chi connectivity index (χ4n) is 2.27. The number of nitrogens with two attached hydrogens (primary N) is 1. The number of nitrogens with zero attached hydrogens (tertiary/aromatic N) is 2. The summed E-state index contributed by atoms with van der Waals surface area (Å²) in [7, 11) is 0. The number of hydrogen-bond acceptors (Lipinski definition) is 5. The van der Waals surface area contributed by atoms with Crippen LogP contribution >= 0.6 is 11.8 Å². The van der Waals surface area contributed by atoms with Gasteiger partial charge in [-0.1, -0.05) is 17.8 Å². The highest BCUT2D eigenvalue weighted by molar-refractivity contribution is 8.00. The Morgan fingerprint density at radius 2 is 1.68 bits per heavy atom. The molecule has 22 heavy (non-hydrogen) atoms. The van der Waals surface area contributed by atoms with Crippen molar-refractivity contribution in [1.29, 1.82) is 0 Å². The Morgan fingerprint density at radius 1 is 1.05 bits per heavy atom. The van der Waals surface area contributed by atoms with Crippen molar-refractivity contribution in [3.8, 4) is 0 Å². The third-order valence-corrected chi connectivity index (χ3v) is 4.57. The first kappa shape index (κ1) is 16.5. The summed E-state index contributed by atoms with van der Waals surface area (Å²) < 4.78 is 0. The van der Waals surface area contributed by atoms with Crippen molar-refractivity contribution >= 4 is 23.4 Å². The van der Waals surface area contributed by atoms with Crippen LogP contribution in [0.3, 0.4) is 0 Å². The molecule has 0 fully saturated rings. The van der Waals surface area contributed by atoms with Gasteiger partial charge in [-0.25, -0.2) is 9.97 Å². The summed E-state index contributed by atoms with van der Waals surface area (Å²) in [4.78, 5) is 21.2. The number of rotatable bonds is 4. The van der Waals surface area contributed by atoms with Crippen molar-refractivity contribution in [2.24, 2.45) is 0 Å². The van der Waals surface area contributed by atoms with E-state index in [0.717, 1.165) is 22.4 Å². The Labute approximate surface area is 135 Å². The van der Waals surface area contributed by atoms with E-state index in [1.54, 1.807) is 6.07 Å². The lowest BCUT2D eigenvalue weighted by Gasteiger charge is -2.13. The minimum atomic E-state index is -0.262. The maximum atomic E-state index is 12.7. The number of carbonyl (C=O) groups is 1. The molecule has 0 aliphatic carbocycles. The summed E-state index contributed by atoms with van der Waals surface area (Å²) in [5.74, 6) is 0.520. The summed E-state index contributed by atoms with van der Waals surface area (Å²) in [6.45, 7) is 9.79. The van der Waals surface area contributed by atoms with Crippen LogP contribution in [0.2, 0.25) is 0 Å². The highest BCUT2D eigenvalue weighted by Gasteiger charge is 2.20. The molecule has 1 aromatic carbocycles. The summed E-state index contributed by atoms with van der Waals surface area (Å²) in [6.07, 6.45) is 0. The molecule has 2 rings (SSSR count). The molecule has 0 amide bonds. The van der Waals surface area contributed by atoms with Crippen LogP contribution in [0, 0.1) is 27.7 Å². The Kier molecular flexibility index (Phi) is 4.86. The monoisotopic (exact) mass is 315 g/mol. The van der Waals surface area contributed by atoms with E-state index in [-0.39, 0.29) is 11.0 Å². The Bertz CT molecular complexity index is 708. The first-order chi connectivity index (χ1) is 10.3. The molecule has 0 aliphatic heterocycles. The molecular formula is C17H21N3OS. The van der Waals surface area contributed by atoms with E-state index in [9.17, 15) is 4.79 Å². The molecule has 2 aromatic rings. The minimum Gasteiger partial charge on any atom is -0.384 e. The predicted octanol–water partition coefficient (Wildman–Crippen LogP) is 3.66. The first-order valence-corrected chi connectivity index (χ1v) is 8.05. The van der Waals surface area contributed by atoms with Crippen LogP contribution < -0.4 is 5.73 Å². The number of aryl methyl sites for hydroxylation is 4. The van der Waals surface area contributed by atoms with Gasteiger partial charge in [-0.15, -0.1) is 0 Å². The van der Waals surface area contributed by atoms with E-state index in [4.69, 9.17) is 5.73 Å². The van der Waals surface area contributed by atoms with Gasteiger partial charge in [0.15, 0.2) is 10.9 Å². The zero-order chi connectivity index (χ0) is 16.4. The van der Waals surface area contributed by atoms with E-state index < -0.39 is 0 Å². The van der Waals surface area contributed by atoms with Gasteiger partial charge in [0, 0.05) is 17.3 Å². The number of thioether (sulfide) groups is 1. The van der Waals surface area contributed by atoms with Crippen molar-refractivity contribution < 1.29 is 4.79 Å². The van der Waals surface area contributed by atoms with Crippen molar-refractivity contribution in [2.75, 3.05) is 5.73 Å². The average molecular weight is 315 g/mol. The summed E-state index contributed by atoms with van der Waals surface area (Å²) in [5.41, 5.74) is 10.6. The number of ketones is 1. The van der Waals surface area contributed by atoms with Gasteiger partial charge >= 0.3 is 0 Å². The Morgan fingerprint density at radius 3 is 2.32 bits per heavy atom. The molecule has 0 saturated heterocycles. The maximum Gasteiger partial charge on any atom is 0.190 e. The smallest absolute Gasteiger partial charge is 0.190 e. The fraction of sp³-hybridized carbons (Fsp3) is 0.353. The summed E-state index contributed by atoms with van der Waals surface area (Å²) >= 11 is 1.34. The lowest BCUT2D eigenvalue weighted by atomic mass is 9.97. The number of carbonyl (C=O) groups excluding carboxylic acids is 1. The Hall–Kier alpha value is -1.88. The van der Waals surface area contributed by atoms with Crippen molar-refractivity contribution in [2.45, 2.75) is 45.0 Å². The van der Waals surface area contributed by atoms with Gasteiger partial charge in [-0.2, -0.15) is 0 Å². The molecule has 0 bridgehead atoms. The highest BCUT2D eigenvalue weighted by atomic mass is 32.2. The molecule has 0 aliphatic rings. The van der Waals surface area contributed by atoms with Crippen molar-refractivity contribution in [1.82, 2.24) is 9.97 Å². The van der Waals surface area contributed by atoms with Crippen LogP contribution in [-0.4, -0.2) is 21.0 Å². The fourth-order valence-corrected chi connectivity index (χ4v) is 3.18. The topological polar surface area (TPSA) is 68.9 Å². The van der Waals surface area contributed by atoms with Gasteiger partial charge in [0.1, 0.15) is 5.82 Å². The van der Waals surface area contributed by atoms with E-state index in [1.165, 1.54) is 17.3 Å². The van der Waals surface area contributed by atoms with E-state index in [0.29, 0.717) is 11.0 Å². The van der Waals surface area contributed by atoms with Crippen LogP contribution in [-0.2, 0) is 0 Å². The van der Waals surface area contributed by atoms with Gasteiger partial charge < -0.3 is 5.73 Å². The normalized spacial score (nSPS) is 12.2. The van der Waals surface area contributed by atoms with Gasteiger partial charge in [0.25, 0.3) is 0 Å². The molecule has 1 heterocycles. The third-order valence-electron chi connectivity index (χ3n) is 3.61. The molecule has 0 saturated carbocycles. The molecule has 116 valence electrons. The quantitative estimate of drug-likeness (QED) is 0.530. The van der Waals surface area contributed by atoms with E-state index >= 15 is 0 Å². The number of anilines is 1. The van der Waals surface area contributed by atoms with Gasteiger partial charge in [-0.3, -0.25) is 4.79 Å². The molecule has 0 radical (unpaired) electrons. The molecule has 0 unspecified atom stereocenters. The number of nitrogen functional groups attached to an aromatic ring is 1. The zero-order valence-electron chi connectivity index (χ0n) is 13.6. The van der Waals surface area contributed by atoms with Gasteiger partial charge in [-0.05, 0) is 57.4 Å². The van der Waals surface area contributed by atoms with E-state index in [2.05, 4.69) is 23.0 Å². The number of hydrogen-bond donors (Lipinski definition) is 1. The molecule has 5 heteroatoms. The second kappa shape index (κ2) is 6.48. The predicted molar refractivity (Wildman–Crippen MR) is 91.5 cm³/mol. The van der Waals surface area contributed by atoms with E-state index in [1.807, 2.05) is 33.8 Å². The molecular weight excluding hydrogens is 294 g/mol. The van der Waals surface area contributed by atoms with Crippen LogP contribution in [0.5, 0.6) is 0 Å². The summed E-state index contributed by atoms with van der Waals surface area (Å²) in [6, 6.07) is 5.74. The van der Waals surface area contributed by atoms with Crippen LogP contribution in [0.4, 0.5) is 5.82 Å². The molecule has 2 N–H and O–H groups in total. The van der Waals surface area contributed by atoms with Gasteiger partial charge in [0.2, 0.25) is 0 Å². The molecule has 4 nitrogen and oxygen atoms in total. The van der Waals surface area contributed by atoms with Crippen molar-refractivity contribution in [3.63, 3.8) is 0 Å². The van der Waals surface area contributed by atoms with Crippen molar-refractivity contribution in [3.05, 3.63) is 46.1 Å². The van der Waals surface area contributed by atoms with Crippen LogP contribution in [0.25, 0.3) is 0 Å². The third kappa shape index (κ3) is 3.65. The largest absolute Gasteiger partial charge is 0.384 e. The Balaban J connectivity index is 2.24. The highest BCUT2D eigenvalue weighted by Crippen LogP contribution is 2.26. The number of aromatic nitrogens is 2. The zero-order valence-corrected chi connectivity index (χ0v) is 14.4. The summed E-state index contributed by atoms with van der Waals surface area (Å²) in [5, 5.41) is 0.279. The average Bonchev–Trinajstić information content (AvgIpc) is 2.40. The van der Waals surface area contributed by atoms with Crippen LogP contribution in [0.15, 0.2) is 23.4 Å². The first-order valence-electron chi connectivity index (χ1n) is 7.18. The maximum absolute atomic E-state index is 12.7. The van der Waals surface area contributed by atoms with Gasteiger partial charge in [0.05, 0.1) is 5.25 Å². The molecule has 0 spiro atoms. The second-order valence-corrected chi connectivity index (χ2v) is 6.90. The SMILES string of the molecule is Cc1cc(N)nc(S[C@@H](C)C(=O)c2cc(C)c(C)cc2C)n1. The number of Topliss-reactive ketones (excluding diaryl/α,β-unsaturated/α-hetero) is 1. The lowest BCUT2D eigenvalue weighted by molar-refractivity contribution is 0.0993.